The molecule has 1 saturated heterocycles. The van der Waals surface area contributed by atoms with E-state index >= 15 is 0 Å². The highest BCUT2D eigenvalue weighted by molar-refractivity contribution is 6.07. The number of benzene rings is 2. The van der Waals surface area contributed by atoms with Crippen LogP contribution in [0.1, 0.15) is 40.5 Å². The number of hydrogen-bond donors (Lipinski definition) is 2. The molecule has 1 aliphatic heterocycles. The lowest BCUT2D eigenvalue weighted by Crippen LogP contribution is -2.40. The molecular weight excluding hydrogens is 411 g/mol. The number of carbonyl (C=O) groups excluding carboxylic acids is 2. The van der Waals surface area contributed by atoms with Gasteiger partial charge >= 0.3 is 0 Å². The Labute approximate surface area is 178 Å². The monoisotopic (exact) mass is 435 g/mol. The van der Waals surface area contributed by atoms with Crippen molar-refractivity contribution in [3.63, 3.8) is 0 Å². The zero-order valence-electron chi connectivity index (χ0n) is 17.3. The number of hydrogen-bond acceptors (Lipinski definition) is 4. The number of halogens is 3. The number of anilines is 1. The molecule has 1 fully saturated rings. The van der Waals surface area contributed by atoms with Crippen LogP contribution in [0.2, 0.25) is 0 Å². The van der Waals surface area contributed by atoms with Crippen molar-refractivity contribution < 1.29 is 27.5 Å². The lowest BCUT2D eigenvalue weighted by molar-refractivity contribution is 0.0936. The van der Waals surface area contributed by atoms with Crippen molar-refractivity contribution in [3.05, 3.63) is 58.9 Å². The zero-order chi connectivity index (χ0) is 22.5. The molecule has 0 radical (unpaired) electrons. The normalized spacial score (nSPS) is 16.2. The first-order valence-corrected chi connectivity index (χ1v) is 10.00. The number of rotatable bonds is 7. The Balaban J connectivity index is 1.77. The summed E-state index contributed by atoms with van der Waals surface area (Å²) in [6.45, 7) is 4.17. The summed E-state index contributed by atoms with van der Waals surface area (Å²) in [6, 6.07) is 4.92. The smallest absolute Gasteiger partial charge is 0.259 e. The molecule has 2 N–H and O–H groups in total. The van der Waals surface area contributed by atoms with Gasteiger partial charge in [0.1, 0.15) is 23.2 Å². The lowest BCUT2D eigenvalue weighted by atomic mass is 10.1. The number of likely N-dealkylation sites (N-methyl/N-ethyl adjacent to an activating group) is 1. The second-order valence-corrected chi connectivity index (χ2v) is 7.25. The van der Waals surface area contributed by atoms with Gasteiger partial charge in [0.25, 0.3) is 11.8 Å². The molecule has 0 aliphatic carbocycles. The maximum Gasteiger partial charge on any atom is 0.259 e. The topological polar surface area (TPSA) is 70.7 Å². The minimum absolute atomic E-state index is 0.0800. The average Bonchev–Trinajstić information content (AvgIpc) is 3.21. The van der Waals surface area contributed by atoms with E-state index in [9.17, 15) is 22.8 Å². The van der Waals surface area contributed by atoms with E-state index in [2.05, 4.69) is 15.5 Å². The molecule has 0 spiro atoms. The maximum atomic E-state index is 14.3. The first-order valence-electron chi connectivity index (χ1n) is 10.00. The third-order valence-electron chi connectivity index (χ3n) is 5.36. The molecule has 1 aliphatic rings. The van der Waals surface area contributed by atoms with E-state index in [-0.39, 0.29) is 17.4 Å². The fraction of sp³-hybridized carbons (Fsp3) is 0.364. The zero-order valence-corrected chi connectivity index (χ0v) is 17.3. The van der Waals surface area contributed by atoms with Gasteiger partial charge in [-0.25, -0.2) is 13.2 Å². The number of ether oxygens (including phenoxy) is 1. The quantitative estimate of drug-likeness (QED) is 0.698. The fourth-order valence-corrected chi connectivity index (χ4v) is 3.71. The maximum absolute atomic E-state index is 14.3. The van der Waals surface area contributed by atoms with Gasteiger partial charge in [-0.05, 0) is 50.2 Å². The summed E-state index contributed by atoms with van der Waals surface area (Å²) in [7, 11) is 1.30. The van der Waals surface area contributed by atoms with Crippen LogP contribution in [0.15, 0.2) is 30.3 Å². The highest BCUT2D eigenvalue weighted by Crippen LogP contribution is 2.24. The van der Waals surface area contributed by atoms with E-state index in [1.54, 1.807) is 0 Å². The van der Waals surface area contributed by atoms with Crippen molar-refractivity contribution in [2.75, 3.05) is 32.1 Å². The Morgan fingerprint density at radius 3 is 2.58 bits per heavy atom. The molecule has 2 aromatic carbocycles. The van der Waals surface area contributed by atoms with E-state index in [4.69, 9.17) is 4.74 Å². The van der Waals surface area contributed by atoms with Gasteiger partial charge in [0.15, 0.2) is 0 Å². The van der Waals surface area contributed by atoms with E-state index in [1.165, 1.54) is 13.2 Å². The summed E-state index contributed by atoms with van der Waals surface area (Å²) >= 11 is 0. The van der Waals surface area contributed by atoms with Crippen molar-refractivity contribution in [2.45, 2.75) is 25.8 Å². The molecule has 0 unspecified atom stereocenters. The van der Waals surface area contributed by atoms with Crippen molar-refractivity contribution in [1.29, 1.82) is 0 Å². The molecule has 1 atom stereocenters. The van der Waals surface area contributed by atoms with Crippen LogP contribution in [0.4, 0.5) is 18.9 Å². The van der Waals surface area contributed by atoms with Crippen LogP contribution in [0.3, 0.4) is 0 Å². The van der Waals surface area contributed by atoms with Gasteiger partial charge in [-0.2, -0.15) is 0 Å². The van der Waals surface area contributed by atoms with E-state index in [0.29, 0.717) is 12.6 Å². The number of likely N-dealkylation sites (tertiary alicyclic amines) is 1. The second-order valence-electron chi connectivity index (χ2n) is 7.25. The highest BCUT2D eigenvalue weighted by Gasteiger charge is 2.25. The fourth-order valence-electron chi connectivity index (χ4n) is 3.71. The van der Waals surface area contributed by atoms with Crippen LogP contribution in [-0.4, -0.2) is 49.5 Å². The van der Waals surface area contributed by atoms with E-state index in [0.717, 1.165) is 44.1 Å². The number of nitrogens with zero attached hydrogens (tertiary/aromatic N) is 1. The second kappa shape index (κ2) is 9.82. The molecule has 31 heavy (non-hydrogen) atoms. The number of carbonyl (C=O) groups is 2. The van der Waals surface area contributed by atoms with E-state index < -0.39 is 40.5 Å². The molecule has 3 rings (SSSR count). The Kier molecular flexibility index (Phi) is 7.17. The van der Waals surface area contributed by atoms with Gasteiger partial charge in [0.2, 0.25) is 0 Å². The number of methoxy groups -OCH3 is 1. The third-order valence-corrected chi connectivity index (χ3v) is 5.36. The number of amides is 2. The molecule has 1 heterocycles. The predicted octanol–water partition coefficient (Wildman–Crippen LogP) is 3.58. The van der Waals surface area contributed by atoms with Gasteiger partial charge in [-0.1, -0.05) is 6.92 Å². The largest absolute Gasteiger partial charge is 0.496 e. The molecule has 0 aromatic heterocycles. The molecule has 2 amide bonds. The van der Waals surface area contributed by atoms with Gasteiger partial charge in [-0.3, -0.25) is 14.5 Å². The van der Waals surface area contributed by atoms with Crippen LogP contribution in [0, 0.1) is 17.5 Å². The van der Waals surface area contributed by atoms with E-state index in [1.807, 2.05) is 6.92 Å². The minimum atomic E-state index is -1.06. The van der Waals surface area contributed by atoms with Crippen molar-refractivity contribution in [3.8, 4) is 5.75 Å². The van der Waals surface area contributed by atoms with Gasteiger partial charge in [0.05, 0.1) is 23.9 Å². The summed E-state index contributed by atoms with van der Waals surface area (Å²) < 4.78 is 47.1. The summed E-state index contributed by atoms with van der Waals surface area (Å²) in [5.74, 6) is -4.28. The Bertz CT molecular complexity index is 984. The van der Waals surface area contributed by atoms with Crippen LogP contribution in [0.5, 0.6) is 5.75 Å². The number of nitrogens with one attached hydrogen (secondary N) is 2. The van der Waals surface area contributed by atoms with Gasteiger partial charge in [-0.15, -0.1) is 0 Å². The highest BCUT2D eigenvalue weighted by atomic mass is 19.1. The first-order chi connectivity index (χ1) is 14.8. The van der Waals surface area contributed by atoms with Crippen LogP contribution in [0.25, 0.3) is 0 Å². The SMILES string of the molecule is CCN1CCC[C@H]1CNC(=O)c1cc(NC(=O)c2cc(F)ccc2OC)c(F)cc1F. The summed E-state index contributed by atoms with van der Waals surface area (Å²) in [4.78, 5) is 27.2. The molecule has 0 saturated carbocycles. The third kappa shape index (κ3) is 5.16. The van der Waals surface area contributed by atoms with Gasteiger partial charge in [0, 0.05) is 18.7 Å². The summed E-state index contributed by atoms with van der Waals surface area (Å²) in [5.41, 5.74) is -0.971. The molecule has 2 aromatic rings. The Morgan fingerprint density at radius 2 is 1.87 bits per heavy atom. The minimum Gasteiger partial charge on any atom is -0.496 e. The molecule has 166 valence electrons. The van der Waals surface area contributed by atoms with Crippen LogP contribution < -0.4 is 15.4 Å². The molecular formula is C22H24F3N3O3. The lowest BCUT2D eigenvalue weighted by Gasteiger charge is -2.23. The first kappa shape index (κ1) is 22.6. The van der Waals surface area contributed by atoms with Gasteiger partial charge < -0.3 is 15.4 Å². The summed E-state index contributed by atoms with van der Waals surface area (Å²) in [5, 5.41) is 4.93. The summed E-state index contributed by atoms with van der Waals surface area (Å²) in [6.07, 6.45) is 1.95. The van der Waals surface area contributed by atoms with Crippen LogP contribution >= 0.6 is 0 Å². The van der Waals surface area contributed by atoms with Crippen molar-refractivity contribution in [2.24, 2.45) is 0 Å². The average molecular weight is 435 g/mol. The van der Waals surface area contributed by atoms with Crippen molar-refractivity contribution in [1.82, 2.24) is 10.2 Å². The predicted molar refractivity (Wildman–Crippen MR) is 110 cm³/mol. The Morgan fingerprint density at radius 1 is 1.10 bits per heavy atom. The van der Waals surface area contributed by atoms with Crippen molar-refractivity contribution >= 4 is 17.5 Å². The Hall–Kier alpha value is -3.07. The standard InChI is InChI=1S/C22H24F3N3O3/c1-3-28-8-4-5-14(28)12-26-21(29)15-10-19(18(25)11-17(15)24)27-22(30)16-9-13(23)6-7-20(16)31-2/h6-7,9-11,14H,3-5,8,12H2,1-2H3,(H,26,29)(H,27,30)/t14-/m0/s1. The molecule has 0 bridgehead atoms. The molecule has 6 nitrogen and oxygen atoms in total. The van der Waals surface area contributed by atoms with Crippen LogP contribution in [-0.2, 0) is 0 Å². The molecule has 9 heteroatoms.